The largest absolute Gasteiger partial charge is 0.352 e. The summed E-state index contributed by atoms with van der Waals surface area (Å²) in [6.45, 7) is 5.74. The van der Waals surface area contributed by atoms with Crippen molar-refractivity contribution in [1.29, 1.82) is 0 Å². The summed E-state index contributed by atoms with van der Waals surface area (Å²) in [7, 11) is 0. The number of aryl methyl sites for hydroxylation is 2. The van der Waals surface area contributed by atoms with Crippen LogP contribution in [0.15, 0.2) is 42.5 Å². The molecule has 7 nitrogen and oxygen atoms in total. The lowest BCUT2D eigenvalue weighted by atomic mass is 10.0. The standard InChI is InChI=1S/C26H32N4O3/c1-16-12-13-20(17(2)14-16)28-24(31)15-23-26(33)29-21-10-6-7-11-22(21)30(23)18(3)25(32)27-19-8-4-5-9-19/h6-7,10-14,18-19,23H,4-5,8-9,15H2,1-3H3,(H,27,32)(H,28,31)(H,29,33)/t18-,23+/m1/s1. The molecule has 7 heteroatoms. The van der Waals surface area contributed by atoms with Crippen molar-refractivity contribution in [3.05, 3.63) is 53.6 Å². The number of anilines is 3. The number of carbonyl (C=O) groups excluding carboxylic acids is 3. The Morgan fingerprint density at radius 3 is 2.58 bits per heavy atom. The molecule has 0 unspecified atom stereocenters. The molecule has 0 saturated heterocycles. The zero-order valence-corrected chi connectivity index (χ0v) is 19.5. The van der Waals surface area contributed by atoms with E-state index in [4.69, 9.17) is 0 Å². The maximum atomic E-state index is 13.1. The van der Waals surface area contributed by atoms with Crippen molar-refractivity contribution < 1.29 is 14.4 Å². The molecule has 2 atom stereocenters. The molecule has 1 aliphatic carbocycles. The van der Waals surface area contributed by atoms with Crippen LogP contribution in [0, 0.1) is 13.8 Å². The minimum atomic E-state index is -0.796. The highest BCUT2D eigenvalue weighted by Gasteiger charge is 2.39. The smallest absolute Gasteiger partial charge is 0.247 e. The fourth-order valence-electron chi connectivity index (χ4n) is 4.83. The van der Waals surface area contributed by atoms with E-state index in [1.165, 1.54) is 0 Å². The van der Waals surface area contributed by atoms with Crippen LogP contribution in [-0.4, -0.2) is 35.8 Å². The van der Waals surface area contributed by atoms with Gasteiger partial charge < -0.3 is 20.9 Å². The predicted molar refractivity (Wildman–Crippen MR) is 130 cm³/mol. The van der Waals surface area contributed by atoms with E-state index in [1.54, 1.807) is 11.8 Å². The summed E-state index contributed by atoms with van der Waals surface area (Å²) in [5, 5.41) is 8.97. The normalized spacial score (nSPS) is 18.9. The molecule has 1 aliphatic heterocycles. The van der Waals surface area contributed by atoms with Crippen molar-refractivity contribution in [2.75, 3.05) is 15.5 Å². The van der Waals surface area contributed by atoms with Gasteiger partial charge in [-0.3, -0.25) is 14.4 Å². The molecule has 0 aromatic heterocycles. The third-order valence-electron chi connectivity index (χ3n) is 6.61. The van der Waals surface area contributed by atoms with Gasteiger partial charge in [-0.05, 0) is 57.4 Å². The van der Waals surface area contributed by atoms with Gasteiger partial charge in [0.15, 0.2) is 0 Å². The highest BCUT2D eigenvalue weighted by Crippen LogP contribution is 2.35. The molecular formula is C26H32N4O3. The van der Waals surface area contributed by atoms with Gasteiger partial charge in [0.05, 0.1) is 17.8 Å². The molecule has 0 bridgehead atoms. The Bertz CT molecular complexity index is 1060. The van der Waals surface area contributed by atoms with Crippen molar-refractivity contribution >= 4 is 34.8 Å². The van der Waals surface area contributed by atoms with Crippen LogP contribution in [0.2, 0.25) is 0 Å². The van der Waals surface area contributed by atoms with Crippen molar-refractivity contribution in [3.63, 3.8) is 0 Å². The van der Waals surface area contributed by atoms with Crippen LogP contribution in [0.1, 0.15) is 50.2 Å². The van der Waals surface area contributed by atoms with Gasteiger partial charge in [0.2, 0.25) is 17.7 Å². The average Bonchev–Trinajstić information content (AvgIpc) is 3.29. The number of hydrogen-bond acceptors (Lipinski definition) is 4. The molecular weight excluding hydrogens is 416 g/mol. The molecule has 1 heterocycles. The average molecular weight is 449 g/mol. The van der Waals surface area contributed by atoms with Crippen LogP contribution in [-0.2, 0) is 14.4 Å². The van der Waals surface area contributed by atoms with Crippen molar-refractivity contribution in [2.24, 2.45) is 0 Å². The van der Waals surface area contributed by atoms with Gasteiger partial charge >= 0.3 is 0 Å². The van der Waals surface area contributed by atoms with E-state index in [0.29, 0.717) is 5.69 Å². The Morgan fingerprint density at radius 1 is 1.12 bits per heavy atom. The maximum absolute atomic E-state index is 13.1. The van der Waals surface area contributed by atoms with Gasteiger partial charge in [-0.25, -0.2) is 0 Å². The predicted octanol–water partition coefficient (Wildman–Crippen LogP) is 3.91. The summed E-state index contributed by atoms with van der Waals surface area (Å²) < 4.78 is 0. The number of amides is 3. The molecule has 1 saturated carbocycles. The first kappa shape index (κ1) is 22.8. The SMILES string of the molecule is Cc1ccc(NC(=O)C[C@H]2C(=O)Nc3ccccc3N2[C@H](C)C(=O)NC2CCCC2)c(C)c1. The van der Waals surface area contributed by atoms with E-state index in [2.05, 4.69) is 16.0 Å². The first-order valence-corrected chi connectivity index (χ1v) is 11.7. The summed E-state index contributed by atoms with van der Waals surface area (Å²) in [6, 6.07) is 12.0. The number of benzene rings is 2. The molecule has 174 valence electrons. The van der Waals surface area contributed by atoms with Gasteiger partial charge in [0, 0.05) is 11.7 Å². The number of rotatable bonds is 6. The van der Waals surface area contributed by atoms with Crippen molar-refractivity contribution in [3.8, 4) is 0 Å². The van der Waals surface area contributed by atoms with Crippen LogP contribution in [0.25, 0.3) is 0 Å². The minimum absolute atomic E-state index is 0.0610. The second kappa shape index (κ2) is 9.65. The first-order valence-electron chi connectivity index (χ1n) is 11.7. The Balaban J connectivity index is 1.56. The Kier molecular flexibility index (Phi) is 6.67. The lowest BCUT2D eigenvalue weighted by molar-refractivity contribution is -0.125. The fourth-order valence-corrected chi connectivity index (χ4v) is 4.83. The summed E-state index contributed by atoms with van der Waals surface area (Å²) in [5.41, 5.74) is 4.19. The Labute approximate surface area is 194 Å². The monoisotopic (exact) mass is 448 g/mol. The van der Waals surface area contributed by atoms with Gasteiger partial charge in [0.1, 0.15) is 12.1 Å². The van der Waals surface area contributed by atoms with E-state index < -0.39 is 12.1 Å². The van der Waals surface area contributed by atoms with Gasteiger partial charge in [-0.1, -0.05) is 42.7 Å². The van der Waals surface area contributed by atoms with E-state index in [1.807, 2.05) is 56.3 Å². The molecule has 3 N–H and O–H groups in total. The third-order valence-corrected chi connectivity index (χ3v) is 6.61. The highest BCUT2D eigenvalue weighted by molar-refractivity contribution is 6.08. The van der Waals surface area contributed by atoms with Gasteiger partial charge in [0.25, 0.3) is 0 Å². The minimum Gasteiger partial charge on any atom is -0.352 e. The number of fused-ring (bicyclic) bond motifs is 1. The number of hydrogen-bond donors (Lipinski definition) is 3. The third kappa shape index (κ3) is 5.02. The molecule has 4 rings (SSSR count). The van der Waals surface area contributed by atoms with E-state index >= 15 is 0 Å². The molecule has 33 heavy (non-hydrogen) atoms. The van der Waals surface area contributed by atoms with E-state index in [9.17, 15) is 14.4 Å². The van der Waals surface area contributed by atoms with E-state index in [0.717, 1.165) is 48.2 Å². The highest BCUT2D eigenvalue weighted by atomic mass is 16.2. The molecule has 3 amide bonds. The summed E-state index contributed by atoms with van der Waals surface area (Å²) in [4.78, 5) is 41.0. The lowest BCUT2D eigenvalue weighted by Gasteiger charge is -2.41. The summed E-state index contributed by atoms with van der Waals surface area (Å²) in [5.74, 6) is -0.675. The van der Waals surface area contributed by atoms with Crippen molar-refractivity contribution in [1.82, 2.24) is 5.32 Å². The van der Waals surface area contributed by atoms with Gasteiger partial charge in [-0.15, -0.1) is 0 Å². The summed E-state index contributed by atoms with van der Waals surface area (Å²) >= 11 is 0. The second-order valence-corrected chi connectivity index (χ2v) is 9.17. The first-order chi connectivity index (χ1) is 15.8. The quantitative estimate of drug-likeness (QED) is 0.625. The number of para-hydroxylation sites is 2. The van der Waals surface area contributed by atoms with Crippen LogP contribution in [0.4, 0.5) is 17.1 Å². The fraction of sp³-hybridized carbons (Fsp3) is 0.423. The lowest BCUT2D eigenvalue weighted by Crippen LogP contribution is -2.58. The van der Waals surface area contributed by atoms with E-state index in [-0.39, 0.29) is 30.2 Å². The molecule has 0 radical (unpaired) electrons. The van der Waals surface area contributed by atoms with Crippen LogP contribution in [0.3, 0.4) is 0 Å². The number of nitrogens with one attached hydrogen (secondary N) is 3. The molecule has 0 spiro atoms. The van der Waals surface area contributed by atoms with Crippen molar-refractivity contribution in [2.45, 2.75) is 71.0 Å². The Morgan fingerprint density at radius 2 is 1.85 bits per heavy atom. The topological polar surface area (TPSA) is 90.5 Å². The van der Waals surface area contributed by atoms with Crippen LogP contribution in [0.5, 0.6) is 0 Å². The molecule has 1 fully saturated rings. The zero-order valence-electron chi connectivity index (χ0n) is 19.5. The zero-order chi connectivity index (χ0) is 23.5. The number of nitrogens with zero attached hydrogens (tertiary/aromatic N) is 1. The maximum Gasteiger partial charge on any atom is 0.247 e. The summed E-state index contributed by atoms with van der Waals surface area (Å²) in [6.07, 6.45) is 4.15. The second-order valence-electron chi connectivity index (χ2n) is 9.17. The van der Waals surface area contributed by atoms with Crippen LogP contribution < -0.4 is 20.9 Å². The van der Waals surface area contributed by atoms with Crippen LogP contribution >= 0.6 is 0 Å². The molecule has 2 aliphatic rings. The Hall–Kier alpha value is -3.35. The van der Waals surface area contributed by atoms with Gasteiger partial charge in [-0.2, -0.15) is 0 Å². The molecule has 2 aromatic rings. The molecule has 2 aromatic carbocycles. The number of carbonyl (C=O) groups is 3.